The molecule has 0 atom stereocenters. The summed E-state index contributed by atoms with van der Waals surface area (Å²) < 4.78 is 18.5. The van der Waals surface area contributed by atoms with Crippen LogP contribution in [0.15, 0.2) is 24.3 Å². The van der Waals surface area contributed by atoms with Gasteiger partial charge in [-0.2, -0.15) is 5.26 Å². The molecule has 0 N–H and O–H groups in total. The number of nitriles is 1. The fourth-order valence-electron chi connectivity index (χ4n) is 1.74. The summed E-state index contributed by atoms with van der Waals surface area (Å²) in [7, 11) is 1.40. The molecule has 0 spiro atoms. The van der Waals surface area contributed by atoms with E-state index >= 15 is 0 Å². The van der Waals surface area contributed by atoms with Crippen LogP contribution in [0.1, 0.15) is 11.1 Å². The van der Waals surface area contributed by atoms with Crippen LogP contribution in [0.4, 0.5) is 4.39 Å². The Morgan fingerprint density at radius 1 is 1.37 bits per heavy atom. The van der Waals surface area contributed by atoms with Gasteiger partial charge in [0.25, 0.3) is 0 Å². The first-order chi connectivity index (χ1) is 9.06. The Morgan fingerprint density at radius 2 is 2.11 bits per heavy atom. The quantitative estimate of drug-likeness (QED) is 0.785. The summed E-state index contributed by atoms with van der Waals surface area (Å²) in [4.78, 5) is 4.11. The highest BCUT2D eigenvalue weighted by Gasteiger charge is 2.11. The van der Waals surface area contributed by atoms with Crippen LogP contribution in [0, 0.1) is 24.1 Å². The maximum atomic E-state index is 13.6. The number of benzene rings is 1. The number of halogens is 2. The van der Waals surface area contributed by atoms with Crippen LogP contribution in [0.5, 0.6) is 5.75 Å². The van der Waals surface area contributed by atoms with Crippen LogP contribution in [-0.2, 0) is 0 Å². The van der Waals surface area contributed by atoms with Crippen LogP contribution in [-0.4, -0.2) is 12.1 Å². The van der Waals surface area contributed by atoms with Crippen molar-refractivity contribution in [3.05, 3.63) is 46.4 Å². The lowest BCUT2D eigenvalue weighted by atomic mass is 10.1. The molecule has 0 aliphatic rings. The zero-order chi connectivity index (χ0) is 14.0. The van der Waals surface area contributed by atoms with Gasteiger partial charge in [-0.3, -0.25) is 0 Å². The Labute approximate surface area is 115 Å². The lowest BCUT2D eigenvalue weighted by molar-refractivity contribution is 0.386. The predicted molar refractivity (Wildman–Crippen MR) is 70.6 cm³/mol. The Kier molecular flexibility index (Phi) is 3.68. The summed E-state index contributed by atoms with van der Waals surface area (Å²) in [5, 5.41) is 9.04. The molecule has 19 heavy (non-hydrogen) atoms. The minimum absolute atomic E-state index is 0.119. The van der Waals surface area contributed by atoms with Gasteiger partial charge in [-0.1, -0.05) is 11.6 Å². The lowest BCUT2D eigenvalue weighted by Crippen LogP contribution is -1.94. The molecule has 0 aliphatic heterocycles. The second kappa shape index (κ2) is 5.25. The van der Waals surface area contributed by atoms with E-state index in [1.165, 1.54) is 19.2 Å². The maximum Gasteiger partial charge on any atom is 0.165 e. The third-order valence-electron chi connectivity index (χ3n) is 2.73. The van der Waals surface area contributed by atoms with Gasteiger partial charge in [-0.15, -0.1) is 0 Å². The highest BCUT2D eigenvalue weighted by Crippen LogP contribution is 2.27. The largest absolute Gasteiger partial charge is 0.494 e. The van der Waals surface area contributed by atoms with E-state index < -0.39 is 5.82 Å². The molecule has 1 aromatic carbocycles. The van der Waals surface area contributed by atoms with Gasteiger partial charge < -0.3 is 4.74 Å². The minimum atomic E-state index is -0.472. The number of aromatic nitrogens is 1. The number of nitrogens with zero attached hydrogens (tertiary/aromatic N) is 2. The van der Waals surface area contributed by atoms with Crippen molar-refractivity contribution in [2.24, 2.45) is 0 Å². The van der Waals surface area contributed by atoms with Crippen LogP contribution in [0.3, 0.4) is 0 Å². The van der Waals surface area contributed by atoms with Crippen LogP contribution >= 0.6 is 11.6 Å². The van der Waals surface area contributed by atoms with Gasteiger partial charge in [0.2, 0.25) is 0 Å². The smallest absolute Gasteiger partial charge is 0.165 e. The number of hydrogen-bond donors (Lipinski definition) is 0. The van der Waals surface area contributed by atoms with E-state index in [4.69, 9.17) is 21.6 Å². The monoisotopic (exact) mass is 276 g/mol. The SMILES string of the molecule is COc1ccc(-c2cc(C)c(C#N)c(Cl)n2)cc1F. The number of methoxy groups -OCH3 is 1. The summed E-state index contributed by atoms with van der Waals surface area (Å²) in [6.45, 7) is 1.76. The molecule has 0 fully saturated rings. The molecule has 0 radical (unpaired) electrons. The third-order valence-corrected chi connectivity index (χ3v) is 3.01. The van der Waals surface area contributed by atoms with E-state index in [2.05, 4.69) is 4.98 Å². The Hall–Kier alpha value is -2.12. The average Bonchev–Trinajstić information content (AvgIpc) is 2.38. The standard InChI is InChI=1S/C14H10ClFN2O/c1-8-5-12(18-14(15)10(8)7-17)9-3-4-13(19-2)11(16)6-9/h3-6H,1-2H3. The second-order valence-electron chi connectivity index (χ2n) is 3.95. The summed E-state index contributed by atoms with van der Waals surface area (Å²) in [5.41, 5.74) is 2.13. The van der Waals surface area contributed by atoms with Gasteiger partial charge in [-0.25, -0.2) is 9.37 Å². The van der Waals surface area contributed by atoms with E-state index in [1.54, 1.807) is 19.1 Å². The van der Waals surface area contributed by atoms with E-state index in [0.29, 0.717) is 22.4 Å². The molecule has 0 saturated carbocycles. The van der Waals surface area contributed by atoms with Gasteiger partial charge >= 0.3 is 0 Å². The van der Waals surface area contributed by atoms with Gasteiger partial charge in [0.15, 0.2) is 11.6 Å². The van der Waals surface area contributed by atoms with Crippen molar-refractivity contribution in [1.29, 1.82) is 5.26 Å². The van der Waals surface area contributed by atoms with Crippen molar-refractivity contribution in [3.8, 4) is 23.1 Å². The van der Waals surface area contributed by atoms with Gasteiger partial charge in [0.05, 0.1) is 18.4 Å². The molecule has 1 aromatic heterocycles. The number of pyridine rings is 1. The topological polar surface area (TPSA) is 45.9 Å². The van der Waals surface area contributed by atoms with Crippen molar-refractivity contribution >= 4 is 11.6 Å². The Balaban J connectivity index is 2.54. The van der Waals surface area contributed by atoms with Crippen LogP contribution < -0.4 is 4.74 Å². The highest BCUT2D eigenvalue weighted by atomic mass is 35.5. The summed E-state index contributed by atoms with van der Waals surface area (Å²) >= 11 is 5.93. The Bertz CT molecular complexity index is 657. The van der Waals surface area contributed by atoms with Crippen molar-refractivity contribution in [2.45, 2.75) is 6.92 Å². The van der Waals surface area contributed by atoms with Gasteiger partial charge in [0, 0.05) is 5.56 Å². The molecule has 0 saturated heterocycles. The summed E-state index contributed by atoms with van der Waals surface area (Å²) in [6, 6.07) is 8.21. The number of aryl methyl sites for hydroxylation is 1. The zero-order valence-corrected chi connectivity index (χ0v) is 11.1. The molecule has 96 valence electrons. The molecular weight excluding hydrogens is 267 g/mol. The van der Waals surface area contributed by atoms with Gasteiger partial charge in [-0.05, 0) is 36.8 Å². The van der Waals surface area contributed by atoms with Crippen molar-refractivity contribution in [1.82, 2.24) is 4.98 Å². The molecule has 0 aliphatic carbocycles. The third kappa shape index (κ3) is 2.51. The van der Waals surface area contributed by atoms with Crippen LogP contribution in [0.25, 0.3) is 11.3 Å². The number of rotatable bonds is 2. The maximum absolute atomic E-state index is 13.6. The second-order valence-corrected chi connectivity index (χ2v) is 4.31. The van der Waals surface area contributed by atoms with Gasteiger partial charge in [0.1, 0.15) is 11.2 Å². The first kappa shape index (κ1) is 13.3. The van der Waals surface area contributed by atoms with E-state index in [1.807, 2.05) is 6.07 Å². The highest BCUT2D eigenvalue weighted by molar-refractivity contribution is 6.30. The molecule has 2 aromatic rings. The van der Waals surface area contributed by atoms with Crippen molar-refractivity contribution < 1.29 is 9.13 Å². The fraction of sp³-hybridized carbons (Fsp3) is 0.143. The first-order valence-corrected chi connectivity index (χ1v) is 5.85. The molecule has 5 heteroatoms. The summed E-state index contributed by atoms with van der Waals surface area (Å²) in [6.07, 6.45) is 0. The molecule has 0 amide bonds. The molecule has 1 heterocycles. The Morgan fingerprint density at radius 3 is 2.63 bits per heavy atom. The fourth-order valence-corrected chi connectivity index (χ4v) is 2.02. The van der Waals surface area contributed by atoms with Crippen molar-refractivity contribution in [2.75, 3.05) is 7.11 Å². The normalized spacial score (nSPS) is 10.1. The molecular formula is C14H10ClFN2O. The lowest BCUT2D eigenvalue weighted by Gasteiger charge is -2.07. The number of ether oxygens (including phenoxy) is 1. The molecule has 0 unspecified atom stereocenters. The zero-order valence-electron chi connectivity index (χ0n) is 10.4. The molecule has 3 nitrogen and oxygen atoms in total. The van der Waals surface area contributed by atoms with Crippen molar-refractivity contribution in [3.63, 3.8) is 0 Å². The summed E-state index contributed by atoms with van der Waals surface area (Å²) in [5.74, 6) is -0.305. The predicted octanol–water partition coefficient (Wildman–Crippen LogP) is 3.73. The van der Waals surface area contributed by atoms with Crippen LogP contribution in [0.2, 0.25) is 5.15 Å². The molecule has 2 rings (SSSR count). The van der Waals surface area contributed by atoms with E-state index in [9.17, 15) is 4.39 Å². The average molecular weight is 277 g/mol. The first-order valence-electron chi connectivity index (χ1n) is 5.48. The van der Waals surface area contributed by atoms with E-state index in [-0.39, 0.29) is 10.9 Å². The number of hydrogen-bond acceptors (Lipinski definition) is 3. The molecule has 0 bridgehead atoms. The minimum Gasteiger partial charge on any atom is -0.494 e. The van der Waals surface area contributed by atoms with E-state index in [0.717, 1.165) is 0 Å².